The lowest BCUT2D eigenvalue weighted by Gasteiger charge is -2.23. The van der Waals surface area contributed by atoms with Gasteiger partial charge >= 0.3 is 5.97 Å². The van der Waals surface area contributed by atoms with Gasteiger partial charge in [-0.2, -0.15) is 0 Å². The van der Waals surface area contributed by atoms with Crippen LogP contribution in [-0.4, -0.2) is 37.2 Å². The molecular weight excluding hydrogens is 204 g/mol. The average Bonchev–Trinajstić information content (AvgIpc) is 2.58. The zero-order valence-electron chi connectivity index (χ0n) is 9.61. The summed E-state index contributed by atoms with van der Waals surface area (Å²) < 4.78 is 0.706. The molecule has 84 valence electrons. The highest BCUT2D eigenvalue weighted by molar-refractivity contribution is 5.94. The molecule has 0 atom stereocenters. The number of carboxylic acid groups (broad SMARTS) is 1. The summed E-state index contributed by atoms with van der Waals surface area (Å²) in [5, 5.41) is 9.81. The minimum absolute atomic E-state index is 0.230. The highest BCUT2D eigenvalue weighted by Crippen LogP contribution is 2.24. The average molecular weight is 219 g/mol. The van der Waals surface area contributed by atoms with E-state index in [0.717, 1.165) is 16.6 Å². The monoisotopic (exact) mass is 219 g/mol. The molecular formula is C12H15N2O2+. The molecule has 0 radical (unpaired) electrons. The van der Waals surface area contributed by atoms with Crippen molar-refractivity contribution in [3.8, 4) is 0 Å². The molecule has 0 bridgehead atoms. The molecule has 2 N–H and O–H groups in total. The summed E-state index contributed by atoms with van der Waals surface area (Å²) in [6.07, 6.45) is 0. The van der Waals surface area contributed by atoms with E-state index < -0.39 is 5.97 Å². The number of carbonyl (C=O) groups is 1. The number of aromatic carboxylic acids is 1. The molecule has 4 nitrogen and oxygen atoms in total. The highest BCUT2D eigenvalue weighted by atomic mass is 16.4. The summed E-state index contributed by atoms with van der Waals surface area (Å²) in [6.45, 7) is 0. The molecule has 0 saturated carbocycles. The first-order valence-electron chi connectivity index (χ1n) is 5.06. The van der Waals surface area contributed by atoms with E-state index in [0.29, 0.717) is 4.48 Å². The molecule has 1 aromatic heterocycles. The van der Waals surface area contributed by atoms with E-state index in [1.54, 1.807) is 6.07 Å². The van der Waals surface area contributed by atoms with Crippen LogP contribution in [0.1, 0.15) is 10.5 Å². The zero-order valence-corrected chi connectivity index (χ0v) is 9.61. The van der Waals surface area contributed by atoms with Crippen molar-refractivity contribution < 1.29 is 9.90 Å². The second-order valence-electron chi connectivity index (χ2n) is 4.77. The van der Waals surface area contributed by atoms with Crippen molar-refractivity contribution in [2.75, 3.05) is 21.1 Å². The molecule has 16 heavy (non-hydrogen) atoms. The van der Waals surface area contributed by atoms with Crippen LogP contribution in [0.25, 0.3) is 10.9 Å². The maximum absolute atomic E-state index is 10.8. The smallest absolute Gasteiger partial charge is 0.352 e. The molecule has 0 spiro atoms. The Morgan fingerprint density at radius 3 is 2.50 bits per heavy atom. The Balaban J connectivity index is 2.58. The lowest BCUT2D eigenvalue weighted by atomic mass is 10.2. The molecule has 0 unspecified atom stereocenters. The van der Waals surface area contributed by atoms with Crippen LogP contribution in [0, 0.1) is 0 Å². The van der Waals surface area contributed by atoms with E-state index in [4.69, 9.17) is 5.11 Å². The van der Waals surface area contributed by atoms with Crippen LogP contribution in [0.5, 0.6) is 0 Å². The number of aromatic nitrogens is 1. The molecule has 2 aromatic rings. The second-order valence-corrected chi connectivity index (χ2v) is 4.77. The fourth-order valence-corrected chi connectivity index (χ4v) is 1.65. The maximum Gasteiger partial charge on any atom is 0.352 e. The largest absolute Gasteiger partial charge is 0.477 e. The minimum Gasteiger partial charge on any atom is -0.477 e. The molecule has 0 aliphatic heterocycles. The lowest BCUT2D eigenvalue weighted by Crippen LogP contribution is -2.34. The molecule has 4 heteroatoms. The van der Waals surface area contributed by atoms with Crippen LogP contribution < -0.4 is 4.48 Å². The summed E-state index contributed by atoms with van der Waals surface area (Å²) >= 11 is 0. The SMILES string of the molecule is C[N+](C)(C)c1ccc2cc(C(=O)O)[nH]c2c1. The Kier molecular flexibility index (Phi) is 2.24. The van der Waals surface area contributed by atoms with Crippen LogP contribution >= 0.6 is 0 Å². The molecule has 1 aromatic carbocycles. The maximum atomic E-state index is 10.8. The predicted octanol–water partition coefficient (Wildman–Crippen LogP) is 2.06. The van der Waals surface area contributed by atoms with Gasteiger partial charge in [-0.25, -0.2) is 4.79 Å². The van der Waals surface area contributed by atoms with Gasteiger partial charge in [-0.15, -0.1) is 0 Å². The van der Waals surface area contributed by atoms with Crippen molar-refractivity contribution in [3.05, 3.63) is 30.0 Å². The lowest BCUT2D eigenvalue weighted by molar-refractivity contribution is 0.0691. The fourth-order valence-electron chi connectivity index (χ4n) is 1.65. The molecule has 1 heterocycles. The molecule has 0 aliphatic rings. The van der Waals surface area contributed by atoms with Crippen LogP contribution in [0.4, 0.5) is 5.69 Å². The molecule has 0 fully saturated rings. The number of rotatable bonds is 2. The van der Waals surface area contributed by atoms with E-state index >= 15 is 0 Å². The number of hydrogen-bond acceptors (Lipinski definition) is 1. The normalized spacial score (nSPS) is 11.9. The van der Waals surface area contributed by atoms with Gasteiger partial charge in [0.1, 0.15) is 11.4 Å². The van der Waals surface area contributed by atoms with Gasteiger partial charge in [0.05, 0.1) is 26.7 Å². The fraction of sp³-hybridized carbons (Fsp3) is 0.250. The summed E-state index contributed by atoms with van der Waals surface area (Å²) in [6, 6.07) is 7.60. The van der Waals surface area contributed by atoms with E-state index in [2.05, 4.69) is 26.1 Å². The van der Waals surface area contributed by atoms with Gasteiger partial charge in [0.25, 0.3) is 0 Å². The first kappa shape index (κ1) is 10.7. The van der Waals surface area contributed by atoms with Crippen molar-refractivity contribution >= 4 is 22.6 Å². The third-order valence-electron chi connectivity index (χ3n) is 2.61. The summed E-state index contributed by atoms with van der Waals surface area (Å²) in [5.74, 6) is -0.928. The Bertz CT molecular complexity index is 550. The number of nitrogens with one attached hydrogen (secondary N) is 1. The molecule has 2 rings (SSSR count). The van der Waals surface area contributed by atoms with Crippen molar-refractivity contribution in [2.45, 2.75) is 0 Å². The van der Waals surface area contributed by atoms with E-state index in [-0.39, 0.29) is 5.69 Å². The van der Waals surface area contributed by atoms with Crippen molar-refractivity contribution in [2.24, 2.45) is 0 Å². The molecule has 0 saturated heterocycles. The van der Waals surface area contributed by atoms with Crippen molar-refractivity contribution in [1.29, 1.82) is 0 Å². The van der Waals surface area contributed by atoms with Crippen LogP contribution in [-0.2, 0) is 0 Å². The summed E-state index contributed by atoms with van der Waals surface area (Å²) in [7, 11) is 6.21. The van der Waals surface area contributed by atoms with Gasteiger partial charge in [0.15, 0.2) is 0 Å². The second kappa shape index (κ2) is 3.35. The Hall–Kier alpha value is -1.81. The number of aromatic amines is 1. The van der Waals surface area contributed by atoms with Crippen molar-refractivity contribution in [1.82, 2.24) is 9.47 Å². The Labute approximate surface area is 93.7 Å². The Morgan fingerprint density at radius 1 is 1.25 bits per heavy atom. The number of quaternary nitrogens is 1. The quantitative estimate of drug-likeness (QED) is 0.760. The van der Waals surface area contributed by atoms with Gasteiger partial charge in [-0.05, 0) is 18.2 Å². The zero-order chi connectivity index (χ0) is 11.9. The predicted molar refractivity (Wildman–Crippen MR) is 64.8 cm³/mol. The number of hydrogen-bond donors (Lipinski definition) is 2. The minimum atomic E-state index is -0.928. The highest BCUT2D eigenvalue weighted by Gasteiger charge is 2.14. The molecule has 0 aliphatic carbocycles. The first-order valence-corrected chi connectivity index (χ1v) is 5.06. The standard InChI is InChI=1S/C12H14N2O2/c1-14(2,3)9-5-4-8-6-11(12(15)16)13-10(8)7-9/h4-7,13H,1-3H3/p+1. The van der Waals surface area contributed by atoms with Gasteiger partial charge in [0, 0.05) is 11.5 Å². The van der Waals surface area contributed by atoms with Crippen LogP contribution in [0.15, 0.2) is 24.3 Å². The van der Waals surface area contributed by atoms with Gasteiger partial charge in [0.2, 0.25) is 0 Å². The number of nitrogens with zero attached hydrogens (tertiary/aromatic N) is 1. The van der Waals surface area contributed by atoms with E-state index in [9.17, 15) is 4.79 Å². The van der Waals surface area contributed by atoms with Gasteiger partial charge in [-0.3, -0.25) is 4.48 Å². The van der Waals surface area contributed by atoms with Crippen LogP contribution in [0.3, 0.4) is 0 Å². The topological polar surface area (TPSA) is 53.1 Å². The summed E-state index contributed by atoms with van der Waals surface area (Å²) in [5.41, 5.74) is 2.22. The van der Waals surface area contributed by atoms with E-state index in [1.165, 1.54) is 0 Å². The first-order chi connectivity index (χ1) is 7.38. The van der Waals surface area contributed by atoms with Crippen molar-refractivity contribution in [3.63, 3.8) is 0 Å². The van der Waals surface area contributed by atoms with Gasteiger partial charge < -0.3 is 10.1 Å². The van der Waals surface area contributed by atoms with Gasteiger partial charge in [-0.1, -0.05) is 0 Å². The number of fused-ring (bicyclic) bond motifs is 1. The third-order valence-corrected chi connectivity index (χ3v) is 2.61. The summed E-state index contributed by atoms with van der Waals surface area (Å²) in [4.78, 5) is 13.7. The van der Waals surface area contributed by atoms with Crippen LogP contribution in [0.2, 0.25) is 0 Å². The number of benzene rings is 1. The molecule has 0 amide bonds. The third kappa shape index (κ3) is 1.79. The number of carboxylic acids is 1. The number of H-pyrrole nitrogens is 1. The Morgan fingerprint density at radius 2 is 1.94 bits per heavy atom. The van der Waals surface area contributed by atoms with E-state index in [1.807, 2.05) is 18.2 Å².